The first kappa shape index (κ1) is 15.3. The zero-order chi connectivity index (χ0) is 14.8. The summed E-state index contributed by atoms with van der Waals surface area (Å²) in [5, 5.41) is 3.23. The Morgan fingerprint density at radius 3 is 2.80 bits per heavy atom. The van der Waals surface area contributed by atoms with E-state index >= 15 is 0 Å². The van der Waals surface area contributed by atoms with Crippen LogP contribution in [0.1, 0.15) is 40.0 Å². The van der Waals surface area contributed by atoms with E-state index < -0.39 is 10.0 Å². The Labute approximate surface area is 121 Å². The Morgan fingerprint density at radius 2 is 2.15 bits per heavy atom. The van der Waals surface area contributed by atoms with Gasteiger partial charge in [0.15, 0.2) is 5.03 Å². The lowest BCUT2D eigenvalue weighted by Gasteiger charge is -2.27. The summed E-state index contributed by atoms with van der Waals surface area (Å²) in [6.07, 6.45) is 4.23. The maximum atomic E-state index is 12.9. The third-order valence-corrected chi connectivity index (χ3v) is 5.87. The van der Waals surface area contributed by atoms with Gasteiger partial charge in [0.25, 0.3) is 10.0 Å². The summed E-state index contributed by atoms with van der Waals surface area (Å²) >= 11 is 0. The van der Waals surface area contributed by atoms with E-state index in [2.05, 4.69) is 10.3 Å². The van der Waals surface area contributed by atoms with Crippen molar-refractivity contribution in [3.63, 3.8) is 0 Å². The number of sulfonamides is 1. The number of hydrogen-bond donors (Lipinski definition) is 1. The second-order valence-electron chi connectivity index (χ2n) is 5.21. The summed E-state index contributed by atoms with van der Waals surface area (Å²) in [5.41, 5.74) is 0.587. The van der Waals surface area contributed by atoms with Crippen molar-refractivity contribution in [1.29, 1.82) is 0 Å². The number of hydrogen-bond acceptors (Lipinski definition) is 4. The van der Waals surface area contributed by atoms with Crippen molar-refractivity contribution < 1.29 is 8.42 Å². The molecule has 0 amide bonds. The molecule has 2 unspecified atom stereocenters. The van der Waals surface area contributed by atoms with Crippen molar-refractivity contribution in [1.82, 2.24) is 9.29 Å². The van der Waals surface area contributed by atoms with E-state index in [1.165, 1.54) is 6.20 Å². The van der Waals surface area contributed by atoms with E-state index in [-0.39, 0.29) is 17.1 Å². The first-order valence-electron chi connectivity index (χ1n) is 7.24. The Kier molecular flexibility index (Phi) is 4.65. The maximum Gasteiger partial charge on any atom is 0.263 e. The summed E-state index contributed by atoms with van der Waals surface area (Å²) in [6, 6.07) is 3.65. The highest BCUT2D eigenvalue weighted by Gasteiger charge is 2.40. The molecule has 1 fully saturated rings. The third-order valence-electron chi connectivity index (χ3n) is 3.84. The molecule has 0 aliphatic carbocycles. The van der Waals surface area contributed by atoms with Crippen LogP contribution in [-0.2, 0) is 10.0 Å². The highest BCUT2D eigenvalue weighted by Crippen LogP contribution is 2.33. The predicted molar refractivity (Wildman–Crippen MR) is 80.2 cm³/mol. The van der Waals surface area contributed by atoms with Gasteiger partial charge in [0.1, 0.15) is 0 Å². The molecule has 1 saturated heterocycles. The summed E-state index contributed by atoms with van der Waals surface area (Å²) in [6.45, 7) is 6.62. The lowest BCUT2D eigenvalue weighted by Crippen LogP contribution is -2.40. The molecule has 1 aliphatic rings. The Morgan fingerprint density at radius 1 is 1.40 bits per heavy atom. The van der Waals surface area contributed by atoms with Crippen molar-refractivity contribution in [3.05, 3.63) is 18.3 Å². The standard InChI is InChI=1S/C14H23N3O2S/c1-4-12-9-8-11(3)17(12)20(18,19)14-13(15-5-2)7-6-10-16-14/h6-7,10-12,15H,4-5,8-9H2,1-3H3. The Hall–Kier alpha value is -1.14. The predicted octanol–water partition coefficient (Wildman–Crippen LogP) is 2.47. The van der Waals surface area contributed by atoms with Crippen molar-refractivity contribution in [2.75, 3.05) is 11.9 Å². The van der Waals surface area contributed by atoms with Gasteiger partial charge in [0.2, 0.25) is 0 Å². The molecule has 0 bridgehead atoms. The van der Waals surface area contributed by atoms with E-state index in [0.717, 1.165) is 19.3 Å². The lowest BCUT2D eigenvalue weighted by atomic mass is 10.2. The van der Waals surface area contributed by atoms with E-state index in [0.29, 0.717) is 12.2 Å². The van der Waals surface area contributed by atoms with Crippen LogP contribution in [0.4, 0.5) is 5.69 Å². The molecule has 0 spiro atoms. The largest absolute Gasteiger partial charge is 0.383 e. The van der Waals surface area contributed by atoms with Gasteiger partial charge in [-0.05, 0) is 45.2 Å². The Bertz CT molecular complexity index is 559. The monoisotopic (exact) mass is 297 g/mol. The third kappa shape index (κ3) is 2.67. The molecule has 2 rings (SSSR count). The number of nitrogens with zero attached hydrogens (tertiary/aromatic N) is 2. The molecular weight excluding hydrogens is 274 g/mol. The van der Waals surface area contributed by atoms with Gasteiger partial charge in [0.05, 0.1) is 5.69 Å². The molecule has 1 aromatic rings. The number of aromatic nitrogens is 1. The van der Waals surface area contributed by atoms with Crippen LogP contribution in [0.3, 0.4) is 0 Å². The zero-order valence-electron chi connectivity index (χ0n) is 12.3. The Balaban J connectivity index is 2.44. The van der Waals surface area contributed by atoms with Crippen LogP contribution in [0.25, 0.3) is 0 Å². The van der Waals surface area contributed by atoms with Crippen molar-refractivity contribution >= 4 is 15.7 Å². The topological polar surface area (TPSA) is 62.3 Å². The summed E-state index contributed by atoms with van der Waals surface area (Å²) in [5.74, 6) is 0. The second kappa shape index (κ2) is 6.10. The fourth-order valence-corrected chi connectivity index (χ4v) is 4.92. The molecule has 0 saturated carbocycles. The molecule has 1 N–H and O–H groups in total. The number of anilines is 1. The second-order valence-corrected chi connectivity index (χ2v) is 6.97. The average molecular weight is 297 g/mol. The van der Waals surface area contributed by atoms with Crippen LogP contribution < -0.4 is 5.32 Å². The van der Waals surface area contributed by atoms with Gasteiger partial charge in [-0.1, -0.05) is 6.92 Å². The van der Waals surface area contributed by atoms with Crippen LogP contribution in [0.2, 0.25) is 0 Å². The van der Waals surface area contributed by atoms with Gasteiger partial charge in [0, 0.05) is 24.8 Å². The number of pyridine rings is 1. The van der Waals surface area contributed by atoms with E-state index in [9.17, 15) is 8.42 Å². The molecule has 2 heterocycles. The molecular formula is C14H23N3O2S. The minimum atomic E-state index is -3.54. The highest BCUT2D eigenvalue weighted by atomic mass is 32.2. The molecule has 2 atom stereocenters. The van der Waals surface area contributed by atoms with Crippen molar-refractivity contribution in [3.8, 4) is 0 Å². The lowest BCUT2D eigenvalue weighted by molar-refractivity contribution is 0.327. The fourth-order valence-electron chi connectivity index (χ4n) is 2.89. The van der Waals surface area contributed by atoms with Crippen molar-refractivity contribution in [2.24, 2.45) is 0 Å². The quantitative estimate of drug-likeness (QED) is 0.907. The summed E-state index contributed by atoms with van der Waals surface area (Å²) in [7, 11) is -3.54. The first-order chi connectivity index (χ1) is 9.52. The van der Waals surface area contributed by atoms with E-state index in [1.54, 1.807) is 16.4 Å². The van der Waals surface area contributed by atoms with Gasteiger partial charge in [-0.3, -0.25) is 0 Å². The van der Waals surface area contributed by atoms with Crippen LogP contribution >= 0.6 is 0 Å². The molecule has 6 heteroatoms. The van der Waals surface area contributed by atoms with Gasteiger partial charge >= 0.3 is 0 Å². The van der Waals surface area contributed by atoms with Gasteiger partial charge < -0.3 is 5.32 Å². The minimum absolute atomic E-state index is 0.0430. The van der Waals surface area contributed by atoms with Crippen LogP contribution in [0.15, 0.2) is 23.4 Å². The minimum Gasteiger partial charge on any atom is -0.383 e. The van der Waals surface area contributed by atoms with Crippen molar-refractivity contribution in [2.45, 2.75) is 57.1 Å². The summed E-state index contributed by atoms with van der Waals surface area (Å²) < 4.78 is 27.5. The van der Waals surface area contributed by atoms with Crippen LogP contribution in [0, 0.1) is 0 Å². The molecule has 0 radical (unpaired) electrons. The maximum absolute atomic E-state index is 12.9. The molecule has 20 heavy (non-hydrogen) atoms. The SMILES string of the molecule is CCNc1cccnc1S(=O)(=O)N1C(C)CCC1CC. The molecule has 5 nitrogen and oxygen atoms in total. The van der Waals surface area contributed by atoms with Crippen LogP contribution in [0.5, 0.6) is 0 Å². The van der Waals surface area contributed by atoms with E-state index in [1.807, 2.05) is 20.8 Å². The molecule has 1 aliphatic heterocycles. The molecule has 112 valence electrons. The normalized spacial score (nSPS) is 23.9. The molecule has 0 aromatic carbocycles. The summed E-state index contributed by atoms with van der Waals surface area (Å²) in [4.78, 5) is 4.12. The van der Waals surface area contributed by atoms with E-state index in [4.69, 9.17) is 0 Å². The van der Waals surface area contributed by atoms with Gasteiger partial charge in [-0.25, -0.2) is 13.4 Å². The van der Waals surface area contributed by atoms with Gasteiger partial charge in [-0.2, -0.15) is 4.31 Å². The number of rotatable bonds is 5. The smallest absolute Gasteiger partial charge is 0.263 e. The average Bonchev–Trinajstić information content (AvgIpc) is 2.81. The number of nitrogens with one attached hydrogen (secondary N) is 1. The fraction of sp³-hybridized carbons (Fsp3) is 0.643. The first-order valence-corrected chi connectivity index (χ1v) is 8.68. The highest BCUT2D eigenvalue weighted by molar-refractivity contribution is 7.89. The van der Waals surface area contributed by atoms with Gasteiger partial charge in [-0.15, -0.1) is 0 Å². The zero-order valence-corrected chi connectivity index (χ0v) is 13.2. The van der Waals surface area contributed by atoms with Crippen LogP contribution in [-0.4, -0.2) is 36.3 Å². The molecule has 1 aromatic heterocycles.